The summed E-state index contributed by atoms with van der Waals surface area (Å²) >= 11 is 0. The predicted molar refractivity (Wildman–Crippen MR) is 159 cm³/mol. The Labute approximate surface area is 246 Å². The first kappa shape index (κ1) is 28.1. The number of hydrogen-bond acceptors (Lipinski definition) is 6. The van der Waals surface area contributed by atoms with E-state index in [4.69, 9.17) is 14.2 Å². The lowest BCUT2D eigenvalue weighted by Gasteiger charge is -2.27. The van der Waals surface area contributed by atoms with E-state index in [0.717, 1.165) is 46.5 Å². The Morgan fingerprint density at radius 2 is 1.64 bits per heavy atom. The molecule has 220 valence electrons. The Hall–Kier alpha value is -4.04. The number of amides is 1. The molecule has 0 radical (unpaired) electrons. The van der Waals surface area contributed by atoms with Crippen LogP contribution < -0.4 is 19.5 Å². The number of carboxylic acids is 1. The number of hydrogen-bond donors (Lipinski definition) is 2. The summed E-state index contributed by atoms with van der Waals surface area (Å²) in [6, 6.07) is 18.9. The smallest absolute Gasteiger partial charge is 0.309 e. The highest BCUT2D eigenvalue weighted by Gasteiger charge is 2.48. The fourth-order valence-corrected chi connectivity index (χ4v) is 6.30. The van der Waals surface area contributed by atoms with Crippen LogP contribution in [0.3, 0.4) is 0 Å². The lowest BCUT2D eigenvalue weighted by molar-refractivity contribution is -0.143. The minimum absolute atomic E-state index is 0.0661. The Morgan fingerprint density at radius 3 is 2.31 bits per heavy atom. The molecule has 3 aromatic rings. The summed E-state index contributed by atoms with van der Waals surface area (Å²) in [6.07, 6.45) is 4.03. The fourth-order valence-electron chi connectivity index (χ4n) is 6.30. The number of aliphatic carboxylic acids is 1. The number of ether oxygens (including phenoxy) is 3. The van der Waals surface area contributed by atoms with Crippen molar-refractivity contribution in [2.75, 3.05) is 31.8 Å². The molecule has 1 saturated heterocycles. The van der Waals surface area contributed by atoms with E-state index >= 15 is 0 Å². The normalized spacial score (nSPS) is 21.3. The molecule has 6 rings (SSSR count). The van der Waals surface area contributed by atoms with Crippen LogP contribution in [0, 0.1) is 11.8 Å². The van der Waals surface area contributed by atoms with E-state index in [0.29, 0.717) is 30.6 Å². The quantitative estimate of drug-likeness (QED) is 0.300. The van der Waals surface area contributed by atoms with Gasteiger partial charge in [0.25, 0.3) is 0 Å². The average molecular weight is 571 g/mol. The highest BCUT2D eigenvalue weighted by atomic mass is 16.7. The molecule has 0 aromatic heterocycles. The van der Waals surface area contributed by atoms with Gasteiger partial charge in [0, 0.05) is 24.2 Å². The second-order valence-electron chi connectivity index (χ2n) is 11.5. The number of likely N-dealkylation sites (tertiary alicyclic amines) is 1. The van der Waals surface area contributed by atoms with Gasteiger partial charge in [-0.05, 0) is 78.1 Å². The topological polar surface area (TPSA) is 97.3 Å². The molecule has 2 N–H and O–H groups in total. The number of nitrogens with zero attached hydrogens (tertiary/aromatic N) is 1. The first-order valence-electron chi connectivity index (χ1n) is 14.9. The number of aryl methyl sites for hydroxylation is 2. The highest BCUT2D eigenvalue weighted by molar-refractivity contribution is 5.94. The first-order chi connectivity index (χ1) is 20.4. The molecule has 42 heavy (non-hydrogen) atoms. The SMILES string of the molecule is CCc1cccc(CC)c1NC(=O)CN1C[C@H](c2ccc3c(c2)OCO3)[C@@H](C(=O)O)[C@@H]1c1ccc(OCC2CC2)cc1. The van der Waals surface area contributed by atoms with Gasteiger partial charge in [-0.1, -0.05) is 50.2 Å². The molecule has 3 atom stereocenters. The molecular formula is C34H38N2O6. The van der Waals surface area contributed by atoms with Gasteiger partial charge >= 0.3 is 5.97 Å². The molecule has 0 unspecified atom stereocenters. The molecule has 1 saturated carbocycles. The third-order valence-corrected chi connectivity index (χ3v) is 8.72. The maximum atomic E-state index is 13.6. The predicted octanol–water partition coefficient (Wildman–Crippen LogP) is 5.81. The van der Waals surface area contributed by atoms with Crippen LogP contribution in [0.15, 0.2) is 60.7 Å². The summed E-state index contributed by atoms with van der Waals surface area (Å²) in [5.74, 6) is 0.498. The number of nitrogens with one attached hydrogen (secondary N) is 1. The second kappa shape index (κ2) is 12.1. The summed E-state index contributed by atoms with van der Waals surface area (Å²) in [5, 5.41) is 13.8. The van der Waals surface area contributed by atoms with Gasteiger partial charge in [0.1, 0.15) is 5.75 Å². The number of anilines is 1. The van der Waals surface area contributed by atoms with Crippen molar-refractivity contribution in [2.45, 2.75) is 51.5 Å². The van der Waals surface area contributed by atoms with Crippen molar-refractivity contribution in [2.24, 2.45) is 11.8 Å². The largest absolute Gasteiger partial charge is 0.493 e. The van der Waals surface area contributed by atoms with Gasteiger partial charge in [0.2, 0.25) is 12.7 Å². The van der Waals surface area contributed by atoms with Crippen molar-refractivity contribution in [3.63, 3.8) is 0 Å². The molecule has 2 heterocycles. The van der Waals surface area contributed by atoms with Crippen molar-refractivity contribution < 1.29 is 28.9 Å². The third-order valence-electron chi connectivity index (χ3n) is 8.72. The van der Waals surface area contributed by atoms with E-state index in [1.54, 1.807) is 0 Å². The Bertz CT molecular complexity index is 1430. The zero-order valence-electron chi connectivity index (χ0n) is 24.2. The lowest BCUT2D eigenvalue weighted by atomic mass is 9.82. The van der Waals surface area contributed by atoms with Crippen molar-refractivity contribution in [1.82, 2.24) is 4.90 Å². The molecule has 2 fully saturated rings. The van der Waals surface area contributed by atoms with E-state index in [2.05, 4.69) is 19.2 Å². The highest BCUT2D eigenvalue weighted by Crippen LogP contribution is 2.48. The molecule has 1 aliphatic carbocycles. The Morgan fingerprint density at radius 1 is 0.952 bits per heavy atom. The van der Waals surface area contributed by atoms with Crippen LogP contribution in [0.5, 0.6) is 17.2 Å². The zero-order valence-corrected chi connectivity index (χ0v) is 24.2. The van der Waals surface area contributed by atoms with Gasteiger partial charge in [0.15, 0.2) is 11.5 Å². The standard InChI is InChI=1S/C34H38N2O6/c1-3-22-6-5-7-23(4-2)32(22)35-30(37)18-36-17-27(25-12-15-28-29(16-25)42-20-41-28)31(34(38)39)33(36)24-10-13-26(14-11-24)40-19-21-8-9-21/h5-7,10-16,21,27,31,33H,3-4,8-9,17-20H2,1-2H3,(H,35,37)(H,38,39)/t27-,31-,33+/m1/s1. The number of para-hydroxylation sites is 1. The first-order valence-corrected chi connectivity index (χ1v) is 14.9. The Balaban J connectivity index is 1.30. The fraction of sp³-hybridized carbons (Fsp3) is 0.412. The molecule has 0 spiro atoms. The molecular weight excluding hydrogens is 532 g/mol. The van der Waals surface area contributed by atoms with Gasteiger partial charge in [-0.15, -0.1) is 0 Å². The lowest BCUT2D eigenvalue weighted by Crippen LogP contribution is -2.35. The van der Waals surface area contributed by atoms with Gasteiger partial charge in [0.05, 0.1) is 19.1 Å². The van der Waals surface area contributed by atoms with Crippen LogP contribution >= 0.6 is 0 Å². The minimum atomic E-state index is -0.899. The summed E-state index contributed by atoms with van der Waals surface area (Å²) in [4.78, 5) is 28.5. The number of rotatable bonds is 11. The van der Waals surface area contributed by atoms with Crippen LogP contribution in [0.1, 0.15) is 60.9 Å². The second-order valence-corrected chi connectivity index (χ2v) is 11.5. The van der Waals surface area contributed by atoms with E-state index < -0.39 is 17.9 Å². The van der Waals surface area contributed by atoms with Crippen LogP contribution in [-0.4, -0.2) is 48.4 Å². The number of carbonyl (C=O) groups is 2. The van der Waals surface area contributed by atoms with Crippen molar-refractivity contribution in [3.05, 3.63) is 82.9 Å². The van der Waals surface area contributed by atoms with Crippen LogP contribution in [0.25, 0.3) is 0 Å². The molecule has 8 nitrogen and oxygen atoms in total. The van der Waals surface area contributed by atoms with Gasteiger partial charge in [-0.25, -0.2) is 0 Å². The van der Waals surface area contributed by atoms with E-state index in [1.165, 1.54) is 12.8 Å². The number of carboxylic acid groups (broad SMARTS) is 1. The van der Waals surface area contributed by atoms with Crippen LogP contribution in [0.4, 0.5) is 5.69 Å². The maximum absolute atomic E-state index is 13.6. The maximum Gasteiger partial charge on any atom is 0.309 e. The average Bonchev–Trinajstić information content (AvgIpc) is 3.58. The van der Waals surface area contributed by atoms with Gasteiger partial charge < -0.3 is 24.6 Å². The van der Waals surface area contributed by atoms with Crippen molar-refractivity contribution in [3.8, 4) is 17.2 Å². The molecule has 8 heteroatoms. The third kappa shape index (κ3) is 5.81. The molecule has 0 bridgehead atoms. The van der Waals surface area contributed by atoms with E-state index in [9.17, 15) is 14.7 Å². The zero-order chi connectivity index (χ0) is 29.2. The Kier molecular flexibility index (Phi) is 8.07. The van der Waals surface area contributed by atoms with Crippen LogP contribution in [-0.2, 0) is 22.4 Å². The molecule has 3 aliphatic rings. The van der Waals surface area contributed by atoms with Crippen molar-refractivity contribution in [1.29, 1.82) is 0 Å². The number of fused-ring (bicyclic) bond motifs is 1. The monoisotopic (exact) mass is 570 g/mol. The number of benzene rings is 3. The summed E-state index contributed by atoms with van der Waals surface area (Å²) in [5.41, 5.74) is 4.74. The minimum Gasteiger partial charge on any atom is -0.493 e. The number of carbonyl (C=O) groups excluding carboxylic acids is 1. The van der Waals surface area contributed by atoms with Gasteiger partial charge in [-0.3, -0.25) is 14.5 Å². The van der Waals surface area contributed by atoms with Gasteiger partial charge in [-0.2, -0.15) is 0 Å². The molecule has 1 amide bonds. The molecule has 3 aromatic carbocycles. The van der Waals surface area contributed by atoms with Crippen molar-refractivity contribution >= 4 is 17.6 Å². The molecule has 2 aliphatic heterocycles. The summed E-state index contributed by atoms with van der Waals surface area (Å²) in [7, 11) is 0. The van der Waals surface area contributed by atoms with E-state index in [-0.39, 0.29) is 25.2 Å². The summed E-state index contributed by atoms with van der Waals surface area (Å²) in [6.45, 7) is 5.48. The van der Waals surface area contributed by atoms with E-state index in [1.807, 2.05) is 65.6 Å². The van der Waals surface area contributed by atoms with Crippen LogP contribution in [0.2, 0.25) is 0 Å². The summed E-state index contributed by atoms with van der Waals surface area (Å²) < 4.78 is 17.0.